The molecule has 1 rings (SSSR count). The summed E-state index contributed by atoms with van der Waals surface area (Å²) in [6, 6.07) is 1.78. The Morgan fingerprint density at radius 2 is 2.27 bits per heavy atom. The molecule has 4 heteroatoms. The van der Waals surface area contributed by atoms with E-state index >= 15 is 0 Å². The predicted octanol–water partition coefficient (Wildman–Crippen LogP) is 3.64. The van der Waals surface area contributed by atoms with Crippen molar-refractivity contribution < 1.29 is 4.79 Å². The van der Waals surface area contributed by atoms with E-state index < -0.39 is 0 Å². The molecule has 0 atom stereocenters. The van der Waals surface area contributed by atoms with Crippen molar-refractivity contribution in [1.29, 1.82) is 0 Å². The van der Waals surface area contributed by atoms with Gasteiger partial charge in [-0.3, -0.25) is 4.79 Å². The first-order valence-corrected chi connectivity index (χ1v) is 5.17. The lowest BCUT2D eigenvalue weighted by Crippen LogP contribution is -1.90. The summed E-state index contributed by atoms with van der Waals surface area (Å²) in [6.07, 6.45) is 1.30. The van der Waals surface area contributed by atoms with Crippen LogP contribution in [0.15, 0.2) is 26.3 Å². The van der Waals surface area contributed by atoms with Gasteiger partial charge in [0.25, 0.3) is 0 Å². The fraction of sp³-hybridized carbons (Fsp3) is 0. The fourth-order valence-corrected chi connectivity index (χ4v) is 3.43. The second-order valence-electron chi connectivity index (χ2n) is 1.81. The molecule has 0 aliphatic heterocycles. The summed E-state index contributed by atoms with van der Waals surface area (Å²) < 4.78 is 1.78. The molecule has 0 N–H and O–H groups in total. The van der Waals surface area contributed by atoms with Crippen molar-refractivity contribution in [2.45, 2.75) is 0 Å². The van der Waals surface area contributed by atoms with Crippen LogP contribution in [-0.2, 0) is 0 Å². The number of hydrogen-bond donors (Lipinski definition) is 0. The highest BCUT2D eigenvalue weighted by molar-refractivity contribution is 9.12. The molecule has 0 bridgehead atoms. The maximum Gasteiger partial charge on any atom is 0.187 e. The van der Waals surface area contributed by atoms with E-state index in [0.29, 0.717) is 5.56 Å². The second-order valence-corrected chi connectivity index (χ2v) is 5.56. The number of carbonyl (C=O) groups is 1. The number of ketones is 1. The van der Waals surface area contributed by atoms with Crippen LogP contribution in [0, 0.1) is 0 Å². The zero-order valence-corrected chi connectivity index (χ0v) is 9.42. The van der Waals surface area contributed by atoms with Gasteiger partial charge in [0.1, 0.15) is 0 Å². The van der Waals surface area contributed by atoms with Gasteiger partial charge in [-0.15, -0.1) is 11.3 Å². The molecule has 0 aliphatic carbocycles. The molecule has 0 aromatic carbocycles. The van der Waals surface area contributed by atoms with Crippen LogP contribution in [0.1, 0.15) is 10.4 Å². The molecule has 0 spiro atoms. The van der Waals surface area contributed by atoms with Crippen LogP contribution in [0.5, 0.6) is 0 Å². The average Bonchev–Trinajstić information content (AvgIpc) is 2.28. The van der Waals surface area contributed by atoms with Crippen LogP contribution in [0.25, 0.3) is 0 Å². The minimum atomic E-state index is -0.0566. The third-order valence-corrected chi connectivity index (χ3v) is 3.45. The van der Waals surface area contributed by atoms with Gasteiger partial charge in [-0.1, -0.05) is 6.58 Å². The molecule has 1 heterocycles. The molecule has 0 amide bonds. The zero-order chi connectivity index (χ0) is 8.43. The standard InChI is InChI=1S/C7H4Br2OS/c1-2-5(10)4-3-6(8)11-7(4)9/h2-3H,1H2. The van der Waals surface area contributed by atoms with Gasteiger partial charge < -0.3 is 0 Å². The van der Waals surface area contributed by atoms with E-state index in [1.54, 1.807) is 6.07 Å². The maximum absolute atomic E-state index is 11.1. The number of hydrogen-bond acceptors (Lipinski definition) is 2. The molecule has 11 heavy (non-hydrogen) atoms. The van der Waals surface area contributed by atoms with Gasteiger partial charge in [-0.05, 0) is 44.0 Å². The number of halogens is 2. The lowest BCUT2D eigenvalue weighted by molar-refractivity contribution is 0.104. The van der Waals surface area contributed by atoms with Gasteiger partial charge in [-0.25, -0.2) is 0 Å². The summed E-state index contributed by atoms with van der Waals surface area (Å²) in [5, 5.41) is 0. The number of thiophene rings is 1. The largest absolute Gasteiger partial charge is 0.289 e. The Morgan fingerprint density at radius 3 is 2.64 bits per heavy atom. The van der Waals surface area contributed by atoms with Gasteiger partial charge >= 0.3 is 0 Å². The summed E-state index contributed by atoms with van der Waals surface area (Å²) in [7, 11) is 0. The first kappa shape index (κ1) is 9.16. The average molecular weight is 296 g/mol. The topological polar surface area (TPSA) is 17.1 Å². The minimum absolute atomic E-state index is 0.0566. The van der Waals surface area contributed by atoms with E-state index in [1.807, 2.05) is 0 Å². The van der Waals surface area contributed by atoms with Crippen LogP contribution in [0.4, 0.5) is 0 Å². The quantitative estimate of drug-likeness (QED) is 0.601. The molecule has 0 saturated carbocycles. The molecule has 0 unspecified atom stereocenters. The molecule has 0 radical (unpaired) electrons. The van der Waals surface area contributed by atoms with Crippen LogP contribution >= 0.6 is 43.2 Å². The number of carbonyl (C=O) groups excluding carboxylic acids is 1. The van der Waals surface area contributed by atoms with Gasteiger partial charge in [0.15, 0.2) is 5.78 Å². The lowest BCUT2D eigenvalue weighted by atomic mass is 10.2. The van der Waals surface area contributed by atoms with E-state index in [9.17, 15) is 4.79 Å². The fourth-order valence-electron chi connectivity index (χ4n) is 0.618. The van der Waals surface area contributed by atoms with Crippen molar-refractivity contribution in [3.05, 3.63) is 31.9 Å². The molecule has 1 aromatic heterocycles. The van der Waals surface area contributed by atoms with Gasteiger partial charge in [-0.2, -0.15) is 0 Å². The smallest absolute Gasteiger partial charge is 0.187 e. The van der Waals surface area contributed by atoms with Crippen molar-refractivity contribution in [3.8, 4) is 0 Å². The van der Waals surface area contributed by atoms with Crippen LogP contribution in [0.2, 0.25) is 0 Å². The van der Waals surface area contributed by atoms with E-state index in [-0.39, 0.29) is 5.78 Å². The van der Waals surface area contributed by atoms with Crippen LogP contribution in [-0.4, -0.2) is 5.78 Å². The number of allylic oxidation sites excluding steroid dienone is 1. The molecule has 0 saturated heterocycles. The van der Waals surface area contributed by atoms with Gasteiger partial charge in [0.05, 0.1) is 7.57 Å². The van der Waals surface area contributed by atoms with Crippen LogP contribution < -0.4 is 0 Å². The predicted molar refractivity (Wildman–Crippen MR) is 54.2 cm³/mol. The monoisotopic (exact) mass is 294 g/mol. The second kappa shape index (κ2) is 3.65. The molecular weight excluding hydrogens is 292 g/mol. The molecule has 1 aromatic rings. The first-order chi connectivity index (χ1) is 5.15. The highest BCUT2D eigenvalue weighted by Gasteiger charge is 2.09. The Balaban J connectivity index is 3.12. The minimum Gasteiger partial charge on any atom is -0.289 e. The number of rotatable bonds is 2. The van der Waals surface area contributed by atoms with E-state index in [0.717, 1.165) is 7.57 Å². The molecular formula is C7H4Br2OS. The highest BCUT2D eigenvalue weighted by atomic mass is 79.9. The zero-order valence-electron chi connectivity index (χ0n) is 5.43. The van der Waals surface area contributed by atoms with Gasteiger partial charge in [0.2, 0.25) is 0 Å². The summed E-state index contributed by atoms with van der Waals surface area (Å²) in [5.41, 5.74) is 0.664. The normalized spacial score (nSPS) is 9.64. The maximum atomic E-state index is 11.1. The molecule has 58 valence electrons. The Bertz CT molecular complexity index is 303. The lowest BCUT2D eigenvalue weighted by Gasteiger charge is -1.87. The highest BCUT2D eigenvalue weighted by Crippen LogP contribution is 2.32. The first-order valence-electron chi connectivity index (χ1n) is 2.76. The summed E-state index contributed by atoms with van der Waals surface area (Å²) >= 11 is 8.04. The van der Waals surface area contributed by atoms with Crippen molar-refractivity contribution in [3.63, 3.8) is 0 Å². The van der Waals surface area contributed by atoms with E-state index in [4.69, 9.17) is 0 Å². The summed E-state index contributed by atoms with van der Waals surface area (Å²) in [5.74, 6) is -0.0566. The molecule has 0 fully saturated rings. The van der Waals surface area contributed by atoms with Crippen molar-refractivity contribution in [1.82, 2.24) is 0 Å². The van der Waals surface area contributed by atoms with Crippen molar-refractivity contribution in [2.75, 3.05) is 0 Å². The van der Waals surface area contributed by atoms with Crippen molar-refractivity contribution in [2.24, 2.45) is 0 Å². The van der Waals surface area contributed by atoms with Gasteiger partial charge in [0, 0.05) is 5.56 Å². The summed E-state index contributed by atoms with van der Waals surface area (Å²) in [4.78, 5) is 11.1. The van der Waals surface area contributed by atoms with E-state index in [1.165, 1.54) is 17.4 Å². The Morgan fingerprint density at radius 1 is 1.64 bits per heavy atom. The SMILES string of the molecule is C=CC(=O)c1cc(Br)sc1Br. The molecule has 0 aliphatic rings. The Hall–Kier alpha value is 0.0700. The van der Waals surface area contributed by atoms with Crippen molar-refractivity contribution >= 4 is 49.0 Å². The molecule has 1 nitrogen and oxygen atoms in total. The Labute approximate surface area is 85.4 Å². The third-order valence-electron chi connectivity index (χ3n) is 1.11. The van der Waals surface area contributed by atoms with E-state index in [2.05, 4.69) is 38.4 Å². The third kappa shape index (κ3) is 2.01. The summed E-state index contributed by atoms with van der Waals surface area (Å²) in [6.45, 7) is 3.41. The Kier molecular flexibility index (Phi) is 3.04. The van der Waals surface area contributed by atoms with Crippen LogP contribution in [0.3, 0.4) is 0 Å².